The summed E-state index contributed by atoms with van der Waals surface area (Å²) in [7, 11) is 0. The molecule has 0 aliphatic rings. The number of ether oxygens (including phenoxy) is 1. The van der Waals surface area contributed by atoms with E-state index in [1.807, 2.05) is 0 Å². The van der Waals surface area contributed by atoms with E-state index >= 15 is 0 Å². The molecule has 2 unspecified atom stereocenters. The van der Waals surface area contributed by atoms with Crippen LogP contribution in [0.25, 0.3) is 0 Å². The van der Waals surface area contributed by atoms with Crippen LogP contribution >= 0.6 is 0 Å². The SMILES string of the molecule is CC(C(=O)O)C(C)c1cccc(OC(F)F)c1. The van der Waals surface area contributed by atoms with E-state index in [1.54, 1.807) is 26.0 Å². The van der Waals surface area contributed by atoms with E-state index in [0.717, 1.165) is 0 Å². The van der Waals surface area contributed by atoms with Gasteiger partial charge in [0.2, 0.25) is 0 Å². The number of hydrogen-bond acceptors (Lipinski definition) is 2. The maximum Gasteiger partial charge on any atom is 0.387 e. The number of carboxylic acids is 1. The lowest BCUT2D eigenvalue weighted by molar-refractivity contribution is -0.141. The zero-order valence-corrected chi connectivity index (χ0v) is 9.56. The molecule has 1 rings (SSSR count). The Morgan fingerprint density at radius 3 is 2.53 bits per heavy atom. The smallest absolute Gasteiger partial charge is 0.387 e. The van der Waals surface area contributed by atoms with E-state index in [9.17, 15) is 13.6 Å². The second-order valence-electron chi connectivity index (χ2n) is 3.87. The van der Waals surface area contributed by atoms with Gasteiger partial charge in [-0.05, 0) is 23.6 Å². The number of benzene rings is 1. The van der Waals surface area contributed by atoms with Crippen molar-refractivity contribution < 1.29 is 23.4 Å². The Morgan fingerprint density at radius 1 is 1.35 bits per heavy atom. The molecule has 0 radical (unpaired) electrons. The van der Waals surface area contributed by atoms with Crippen molar-refractivity contribution in [3.8, 4) is 5.75 Å². The molecule has 1 aromatic rings. The zero-order valence-electron chi connectivity index (χ0n) is 9.56. The Bertz CT molecular complexity index is 393. The van der Waals surface area contributed by atoms with Gasteiger partial charge in [0.1, 0.15) is 5.75 Å². The minimum atomic E-state index is -2.88. The highest BCUT2D eigenvalue weighted by atomic mass is 19.3. The number of carbonyl (C=O) groups is 1. The predicted octanol–water partition coefficient (Wildman–Crippen LogP) is 3.11. The first-order valence-electron chi connectivity index (χ1n) is 5.19. The van der Waals surface area contributed by atoms with E-state index in [2.05, 4.69) is 4.74 Å². The van der Waals surface area contributed by atoms with Crippen LogP contribution in [0.15, 0.2) is 24.3 Å². The molecule has 0 aromatic heterocycles. The molecule has 0 bridgehead atoms. The number of alkyl halides is 2. The first-order chi connectivity index (χ1) is 7.91. The molecular weight excluding hydrogens is 230 g/mol. The van der Waals surface area contributed by atoms with E-state index < -0.39 is 18.5 Å². The summed E-state index contributed by atoms with van der Waals surface area (Å²) in [5.74, 6) is -1.73. The number of rotatable bonds is 5. The second-order valence-corrected chi connectivity index (χ2v) is 3.87. The normalized spacial score (nSPS) is 14.4. The van der Waals surface area contributed by atoms with Crippen molar-refractivity contribution >= 4 is 5.97 Å². The standard InChI is InChI=1S/C12H14F2O3/c1-7(8(2)11(15)16)9-4-3-5-10(6-9)17-12(13)14/h3-8,12H,1-2H3,(H,15,16). The number of carboxylic acid groups (broad SMARTS) is 1. The summed E-state index contributed by atoms with van der Waals surface area (Å²) in [6, 6.07) is 6.12. The molecule has 0 saturated carbocycles. The van der Waals surface area contributed by atoms with E-state index in [4.69, 9.17) is 5.11 Å². The summed E-state index contributed by atoms with van der Waals surface area (Å²) in [6.07, 6.45) is 0. The molecule has 0 aliphatic heterocycles. The van der Waals surface area contributed by atoms with E-state index in [-0.39, 0.29) is 11.7 Å². The van der Waals surface area contributed by atoms with Gasteiger partial charge >= 0.3 is 12.6 Å². The van der Waals surface area contributed by atoms with Crippen LogP contribution in [0.3, 0.4) is 0 Å². The van der Waals surface area contributed by atoms with Crippen molar-refractivity contribution in [1.82, 2.24) is 0 Å². The Balaban J connectivity index is 2.87. The third-order valence-electron chi connectivity index (χ3n) is 2.75. The van der Waals surface area contributed by atoms with Gasteiger partial charge in [-0.2, -0.15) is 8.78 Å². The van der Waals surface area contributed by atoms with Crippen molar-refractivity contribution in [2.75, 3.05) is 0 Å². The van der Waals surface area contributed by atoms with E-state index in [0.29, 0.717) is 5.56 Å². The minimum Gasteiger partial charge on any atom is -0.481 e. The highest BCUT2D eigenvalue weighted by molar-refractivity contribution is 5.70. The fourth-order valence-electron chi connectivity index (χ4n) is 1.48. The third kappa shape index (κ3) is 3.69. The summed E-state index contributed by atoms with van der Waals surface area (Å²) in [4.78, 5) is 10.8. The van der Waals surface area contributed by atoms with Crippen LogP contribution in [0.5, 0.6) is 5.75 Å². The highest BCUT2D eigenvalue weighted by Gasteiger charge is 2.21. The molecule has 94 valence electrons. The van der Waals surface area contributed by atoms with Crippen molar-refractivity contribution in [2.45, 2.75) is 26.4 Å². The lowest BCUT2D eigenvalue weighted by atomic mass is 9.89. The highest BCUT2D eigenvalue weighted by Crippen LogP contribution is 2.27. The average molecular weight is 244 g/mol. The molecule has 1 N–H and O–H groups in total. The van der Waals surface area contributed by atoms with Crippen molar-refractivity contribution in [3.63, 3.8) is 0 Å². The third-order valence-corrected chi connectivity index (χ3v) is 2.75. The van der Waals surface area contributed by atoms with Gasteiger partial charge in [-0.3, -0.25) is 4.79 Å². The molecule has 0 fully saturated rings. The maximum absolute atomic E-state index is 12.0. The van der Waals surface area contributed by atoms with Crippen LogP contribution < -0.4 is 4.74 Å². The second kappa shape index (κ2) is 5.61. The predicted molar refractivity (Wildman–Crippen MR) is 58.3 cm³/mol. The van der Waals surface area contributed by atoms with Gasteiger partial charge in [0.25, 0.3) is 0 Å². The maximum atomic E-state index is 12.0. The van der Waals surface area contributed by atoms with Crippen molar-refractivity contribution in [3.05, 3.63) is 29.8 Å². The summed E-state index contributed by atoms with van der Waals surface area (Å²) in [5, 5.41) is 8.88. The van der Waals surface area contributed by atoms with Crippen LogP contribution in [-0.4, -0.2) is 17.7 Å². The van der Waals surface area contributed by atoms with Crippen molar-refractivity contribution in [1.29, 1.82) is 0 Å². The Kier molecular flexibility index (Phi) is 4.43. The quantitative estimate of drug-likeness (QED) is 0.865. The van der Waals surface area contributed by atoms with Gasteiger partial charge in [-0.25, -0.2) is 0 Å². The van der Waals surface area contributed by atoms with Crippen LogP contribution in [0.2, 0.25) is 0 Å². The molecule has 0 saturated heterocycles. The molecule has 0 heterocycles. The Labute approximate surface area is 98.0 Å². The van der Waals surface area contributed by atoms with Crippen molar-refractivity contribution in [2.24, 2.45) is 5.92 Å². The fraction of sp³-hybridized carbons (Fsp3) is 0.417. The van der Waals surface area contributed by atoms with Gasteiger partial charge in [-0.15, -0.1) is 0 Å². The monoisotopic (exact) mass is 244 g/mol. The Morgan fingerprint density at radius 2 is 2.00 bits per heavy atom. The molecule has 1 aromatic carbocycles. The first kappa shape index (κ1) is 13.4. The van der Waals surface area contributed by atoms with Crippen LogP contribution in [0.4, 0.5) is 8.78 Å². The fourth-order valence-corrected chi connectivity index (χ4v) is 1.48. The molecule has 0 amide bonds. The number of aliphatic carboxylic acids is 1. The van der Waals surface area contributed by atoms with Crippen LogP contribution in [0.1, 0.15) is 25.3 Å². The zero-order chi connectivity index (χ0) is 13.0. The van der Waals surface area contributed by atoms with Gasteiger partial charge < -0.3 is 9.84 Å². The summed E-state index contributed by atoms with van der Waals surface area (Å²) < 4.78 is 28.3. The number of halogens is 2. The van der Waals surface area contributed by atoms with Gasteiger partial charge in [0.05, 0.1) is 5.92 Å². The lowest BCUT2D eigenvalue weighted by Gasteiger charge is -2.17. The molecular formula is C12H14F2O3. The van der Waals surface area contributed by atoms with E-state index in [1.165, 1.54) is 12.1 Å². The molecule has 0 spiro atoms. The summed E-state index contributed by atoms with van der Waals surface area (Å²) in [5.41, 5.74) is 0.665. The average Bonchev–Trinajstić information content (AvgIpc) is 2.26. The van der Waals surface area contributed by atoms with Gasteiger partial charge in [0.15, 0.2) is 0 Å². The van der Waals surface area contributed by atoms with Gasteiger partial charge in [-0.1, -0.05) is 26.0 Å². The largest absolute Gasteiger partial charge is 0.481 e. The van der Waals surface area contributed by atoms with Crippen LogP contribution in [-0.2, 0) is 4.79 Å². The molecule has 3 nitrogen and oxygen atoms in total. The molecule has 0 aliphatic carbocycles. The van der Waals surface area contributed by atoms with Gasteiger partial charge in [0, 0.05) is 0 Å². The Hall–Kier alpha value is -1.65. The van der Waals surface area contributed by atoms with Crippen LogP contribution in [0, 0.1) is 5.92 Å². The number of hydrogen-bond donors (Lipinski definition) is 1. The molecule has 2 atom stereocenters. The minimum absolute atomic E-state index is 0.0435. The first-order valence-corrected chi connectivity index (χ1v) is 5.19. The molecule has 5 heteroatoms. The lowest BCUT2D eigenvalue weighted by Crippen LogP contribution is -2.16. The summed E-state index contributed by atoms with van der Waals surface area (Å²) >= 11 is 0. The molecule has 17 heavy (non-hydrogen) atoms. The summed E-state index contributed by atoms with van der Waals surface area (Å²) in [6.45, 7) is 0.436. The topological polar surface area (TPSA) is 46.5 Å².